The first kappa shape index (κ1) is 13.2. The highest BCUT2D eigenvalue weighted by Gasteiger charge is 2.02. The third-order valence-corrected chi connectivity index (χ3v) is 3.00. The molecule has 1 aromatic rings. The van der Waals surface area contributed by atoms with Crippen molar-refractivity contribution < 1.29 is 0 Å². The molecule has 1 aromatic carbocycles. The molecule has 3 nitrogen and oxygen atoms in total. The van der Waals surface area contributed by atoms with Crippen molar-refractivity contribution in [3.63, 3.8) is 0 Å². The number of hydrogen-bond acceptors (Lipinski definition) is 3. The largest absolute Gasteiger partial charge is 0.360 e. The van der Waals surface area contributed by atoms with E-state index in [2.05, 4.69) is 10.3 Å². The summed E-state index contributed by atoms with van der Waals surface area (Å²) in [5.41, 5.74) is 0.908. The van der Waals surface area contributed by atoms with E-state index in [9.17, 15) is 0 Å². The molecule has 0 atom stereocenters. The fourth-order valence-corrected chi connectivity index (χ4v) is 1.86. The van der Waals surface area contributed by atoms with Gasteiger partial charge in [0.05, 0.1) is 0 Å². The number of hydrogen-bond donors (Lipinski definition) is 1. The maximum absolute atomic E-state index is 8.42. The van der Waals surface area contributed by atoms with E-state index in [1.165, 1.54) is 11.8 Å². The van der Waals surface area contributed by atoms with Crippen LogP contribution in [0.2, 0.25) is 10.0 Å². The van der Waals surface area contributed by atoms with E-state index in [1.807, 2.05) is 12.3 Å². The van der Waals surface area contributed by atoms with Crippen molar-refractivity contribution >= 4 is 40.1 Å². The molecule has 0 aliphatic rings. The van der Waals surface area contributed by atoms with E-state index in [4.69, 9.17) is 28.5 Å². The van der Waals surface area contributed by atoms with Crippen molar-refractivity contribution in [3.8, 4) is 6.19 Å². The second kappa shape index (κ2) is 6.64. The van der Waals surface area contributed by atoms with Crippen LogP contribution in [0, 0.1) is 11.5 Å². The molecule has 0 saturated carbocycles. The fourth-order valence-electron chi connectivity index (χ4n) is 1.04. The maximum atomic E-state index is 8.42. The number of halogens is 2. The van der Waals surface area contributed by atoms with E-state index in [1.54, 1.807) is 18.3 Å². The third-order valence-electron chi connectivity index (χ3n) is 1.79. The zero-order valence-electron chi connectivity index (χ0n) is 8.50. The number of aliphatic imine (C=N–C) groups is 1. The predicted molar refractivity (Wildman–Crippen MR) is 69.9 cm³/mol. The van der Waals surface area contributed by atoms with Crippen molar-refractivity contribution in [1.29, 1.82) is 5.26 Å². The highest BCUT2D eigenvalue weighted by Crippen LogP contribution is 2.20. The molecule has 0 amide bonds. The van der Waals surface area contributed by atoms with Gasteiger partial charge in [0, 0.05) is 16.6 Å². The first-order chi connectivity index (χ1) is 7.67. The van der Waals surface area contributed by atoms with Crippen molar-refractivity contribution in [2.45, 2.75) is 6.54 Å². The number of benzene rings is 1. The molecule has 1 N–H and O–H groups in total. The molecule has 0 heterocycles. The second-order valence-corrected chi connectivity index (χ2v) is 4.45. The molecular weight excluding hydrogens is 265 g/mol. The lowest BCUT2D eigenvalue weighted by Crippen LogP contribution is -2.19. The van der Waals surface area contributed by atoms with Crippen molar-refractivity contribution in [2.24, 2.45) is 4.99 Å². The van der Waals surface area contributed by atoms with Crippen LogP contribution in [-0.4, -0.2) is 11.4 Å². The highest BCUT2D eigenvalue weighted by atomic mass is 35.5. The fraction of sp³-hybridized carbons (Fsp3) is 0.200. The minimum Gasteiger partial charge on any atom is -0.360 e. The molecule has 0 aliphatic heterocycles. The SMILES string of the molecule is CSC(=NC#N)NCc1ccc(Cl)cc1Cl. The molecule has 0 bridgehead atoms. The molecule has 0 saturated heterocycles. The van der Waals surface area contributed by atoms with Gasteiger partial charge >= 0.3 is 0 Å². The molecule has 0 fully saturated rings. The number of nitrogens with one attached hydrogen (secondary N) is 1. The molecule has 0 aliphatic carbocycles. The summed E-state index contributed by atoms with van der Waals surface area (Å²) < 4.78 is 0. The number of nitriles is 1. The zero-order valence-corrected chi connectivity index (χ0v) is 10.8. The van der Waals surface area contributed by atoms with E-state index < -0.39 is 0 Å². The van der Waals surface area contributed by atoms with Crippen LogP contribution in [0.1, 0.15) is 5.56 Å². The number of rotatable bonds is 2. The number of amidine groups is 1. The average Bonchev–Trinajstić information content (AvgIpc) is 2.26. The Morgan fingerprint density at radius 1 is 1.56 bits per heavy atom. The zero-order chi connectivity index (χ0) is 12.0. The average molecular weight is 274 g/mol. The normalized spacial score (nSPS) is 11.0. The summed E-state index contributed by atoms with van der Waals surface area (Å²) in [6.07, 6.45) is 3.57. The summed E-state index contributed by atoms with van der Waals surface area (Å²) in [6.45, 7) is 0.511. The van der Waals surface area contributed by atoms with Crippen LogP contribution in [0.15, 0.2) is 23.2 Å². The Bertz CT molecular complexity index is 440. The minimum atomic E-state index is 0.511. The van der Waals surface area contributed by atoms with Crippen LogP contribution in [0.3, 0.4) is 0 Å². The third kappa shape index (κ3) is 3.93. The summed E-state index contributed by atoms with van der Waals surface area (Å²) >= 11 is 13.1. The van der Waals surface area contributed by atoms with Gasteiger partial charge in [0.2, 0.25) is 6.19 Å². The first-order valence-electron chi connectivity index (χ1n) is 4.36. The monoisotopic (exact) mass is 273 g/mol. The van der Waals surface area contributed by atoms with E-state index in [0.717, 1.165) is 5.56 Å². The van der Waals surface area contributed by atoms with E-state index in [-0.39, 0.29) is 0 Å². The molecule has 1 rings (SSSR count). The van der Waals surface area contributed by atoms with Crippen LogP contribution < -0.4 is 5.32 Å². The van der Waals surface area contributed by atoms with Gasteiger partial charge in [0.15, 0.2) is 5.17 Å². The van der Waals surface area contributed by atoms with Gasteiger partial charge in [-0.25, -0.2) is 0 Å². The van der Waals surface area contributed by atoms with Gasteiger partial charge in [0.25, 0.3) is 0 Å². The minimum absolute atomic E-state index is 0.511. The lowest BCUT2D eigenvalue weighted by Gasteiger charge is -2.07. The second-order valence-electron chi connectivity index (χ2n) is 2.81. The van der Waals surface area contributed by atoms with Crippen LogP contribution in [0.25, 0.3) is 0 Å². The topological polar surface area (TPSA) is 48.2 Å². The Morgan fingerprint density at radius 3 is 2.88 bits per heavy atom. The van der Waals surface area contributed by atoms with Crippen molar-refractivity contribution in [1.82, 2.24) is 5.32 Å². The summed E-state index contributed by atoms with van der Waals surface area (Å²) in [5, 5.41) is 13.2. The standard InChI is InChI=1S/C10H9Cl2N3S/c1-16-10(15-6-13)14-5-7-2-3-8(11)4-9(7)12/h2-4H,5H2,1H3,(H,14,15). The number of nitrogens with zero attached hydrogens (tertiary/aromatic N) is 2. The first-order valence-corrected chi connectivity index (χ1v) is 6.34. The molecular formula is C10H9Cl2N3S. The van der Waals surface area contributed by atoms with Crippen molar-refractivity contribution in [2.75, 3.05) is 6.26 Å². The summed E-state index contributed by atoms with van der Waals surface area (Å²) in [4.78, 5) is 3.61. The van der Waals surface area contributed by atoms with Gasteiger partial charge in [-0.05, 0) is 24.0 Å². The summed E-state index contributed by atoms with van der Waals surface area (Å²) in [6, 6.07) is 5.28. The van der Waals surface area contributed by atoms with Crippen LogP contribution in [0.5, 0.6) is 0 Å². The van der Waals surface area contributed by atoms with Gasteiger partial charge in [0.1, 0.15) is 0 Å². The van der Waals surface area contributed by atoms with Gasteiger partial charge in [-0.1, -0.05) is 41.0 Å². The molecule has 0 spiro atoms. The van der Waals surface area contributed by atoms with Gasteiger partial charge < -0.3 is 5.32 Å². The molecule has 0 radical (unpaired) electrons. The molecule has 16 heavy (non-hydrogen) atoms. The van der Waals surface area contributed by atoms with Crippen LogP contribution in [-0.2, 0) is 6.54 Å². The number of thioether (sulfide) groups is 1. The molecule has 0 unspecified atom stereocenters. The smallest absolute Gasteiger partial charge is 0.208 e. The maximum Gasteiger partial charge on any atom is 0.208 e. The van der Waals surface area contributed by atoms with E-state index in [0.29, 0.717) is 21.8 Å². The van der Waals surface area contributed by atoms with E-state index >= 15 is 0 Å². The van der Waals surface area contributed by atoms with Crippen LogP contribution in [0.4, 0.5) is 0 Å². The molecule has 6 heteroatoms. The quantitative estimate of drug-likeness (QED) is 0.511. The van der Waals surface area contributed by atoms with Crippen molar-refractivity contribution in [3.05, 3.63) is 33.8 Å². The summed E-state index contributed by atoms with van der Waals surface area (Å²) in [5.74, 6) is 0. The molecule has 0 aromatic heterocycles. The lowest BCUT2D eigenvalue weighted by atomic mass is 10.2. The Labute approximate surface area is 108 Å². The Kier molecular flexibility index (Phi) is 5.47. The van der Waals surface area contributed by atoms with Gasteiger partial charge in [-0.2, -0.15) is 5.26 Å². The Hall–Kier alpha value is -0.890. The van der Waals surface area contributed by atoms with Gasteiger partial charge in [-0.15, -0.1) is 4.99 Å². The van der Waals surface area contributed by atoms with Gasteiger partial charge in [-0.3, -0.25) is 0 Å². The highest BCUT2D eigenvalue weighted by molar-refractivity contribution is 8.13. The lowest BCUT2D eigenvalue weighted by molar-refractivity contribution is 0.928. The Morgan fingerprint density at radius 2 is 2.31 bits per heavy atom. The molecule has 84 valence electrons. The Balaban J connectivity index is 2.68. The van der Waals surface area contributed by atoms with Crippen LogP contribution >= 0.6 is 35.0 Å². The summed E-state index contributed by atoms with van der Waals surface area (Å²) in [7, 11) is 0. The predicted octanol–water partition coefficient (Wildman–Crippen LogP) is 3.28.